The third-order valence-electron chi connectivity index (χ3n) is 7.97. The van der Waals surface area contributed by atoms with Crippen LogP contribution >= 0.6 is 0 Å². The van der Waals surface area contributed by atoms with Gasteiger partial charge in [-0.15, -0.1) is 0 Å². The van der Waals surface area contributed by atoms with E-state index in [0.717, 1.165) is 32.1 Å². The van der Waals surface area contributed by atoms with E-state index in [1.807, 2.05) is 0 Å². The van der Waals surface area contributed by atoms with Crippen LogP contribution in [0, 0.1) is 11.8 Å². The van der Waals surface area contributed by atoms with E-state index in [4.69, 9.17) is 0 Å². The molecule has 0 radical (unpaired) electrons. The van der Waals surface area contributed by atoms with Gasteiger partial charge in [0.05, 0.1) is 12.6 Å². The Hall–Kier alpha value is -0.930. The Balaban J connectivity index is 1.24. The largest absolute Gasteiger partial charge is 0.401 e. The summed E-state index contributed by atoms with van der Waals surface area (Å²) in [6.45, 7) is 3.46. The van der Waals surface area contributed by atoms with E-state index in [9.17, 15) is 22.4 Å². The third-order valence-corrected chi connectivity index (χ3v) is 7.97. The first-order valence-corrected chi connectivity index (χ1v) is 11.9. The van der Waals surface area contributed by atoms with Crippen molar-refractivity contribution in [2.24, 2.45) is 11.8 Å². The summed E-state index contributed by atoms with van der Waals surface area (Å²) in [7, 11) is 0. The molecule has 5 unspecified atom stereocenters. The minimum absolute atomic E-state index is 0.0190. The topological polar surface area (TPSA) is 47.6 Å². The maximum atomic E-state index is 14.3. The summed E-state index contributed by atoms with van der Waals surface area (Å²) in [6.07, 6.45) is 0.868. The molecule has 178 valence electrons. The van der Waals surface area contributed by atoms with Gasteiger partial charge in [0.1, 0.15) is 6.17 Å². The van der Waals surface area contributed by atoms with Crippen LogP contribution in [0.25, 0.3) is 0 Å². The van der Waals surface area contributed by atoms with Gasteiger partial charge in [0.25, 0.3) is 0 Å². The molecule has 4 rings (SSSR count). The van der Waals surface area contributed by atoms with Crippen molar-refractivity contribution in [1.82, 2.24) is 20.4 Å². The molecule has 1 amide bonds. The van der Waals surface area contributed by atoms with Crippen molar-refractivity contribution < 1.29 is 22.4 Å². The van der Waals surface area contributed by atoms with Gasteiger partial charge < -0.3 is 10.6 Å². The van der Waals surface area contributed by atoms with Crippen molar-refractivity contribution in [2.75, 3.05) is 32.7 Å². The van der Waals surface area contributed by atoms with E-state index in [-0.39, 0.29) is 30.0 Å². The molecule has 7 atom stereocenters. The summed E-state index contributed by atoms with van der Waals surface area (Å²) in [4.78, 5) is 16.7. The van der Waals surface area contributed by atoms with Crippen molar-refractivity contribution in [3.63, 3.8) is 0 Å². The lowest BCUT2D eigenvalue weighted by molar-refractivity contribution is -0.150. The zero-order chi connectivity index (χ0) is 22.2. The molecule has 0 bridgehead atoms. The molecule has 5 nitrogen and oxygen atoms in total. The summed E-state index contributed by atoms with van der Waals surface area (Å²) in [6, 6.07) is 0.163. The molecule has 2 aliphatic carbocycles. The van der Waals surface area contributed by atoms with Crippen LogP contribution in [0.2, 0.25) is 0 Å². The van der Waals surface area contributed by atoms with E-state index in [2.05, 4.69) is 22.5 Å². The molecule has 2 saturated heterocycles. The number of nitrogens with zero attached hydrogens (tertiary/aromatic N) is 2. The molecule has 9 heteroatoms. The third kappa shape index (κ3) is 5.71. The van der Waals surface area contributed by atoms with Crippen LogP contribution in [-0.4, -0.2) is 84.9 Å². The molecule has 0 aromatic carbocycles. The van der Waals surface area contributed by atoms with Crippen molar-refractivity contribution in [3.8, 4) is 0 Å². The monoisotopic (exact) mass is 448 g/mol. The minimum atomic E-state index is -4.14. The highest BCUT2D eigenvalue weighted by molar-refractivity contribution is 5.82. The van der Waals surface area contributed by atoms with Gasteiger partial charge >= 0.3 is 6.18 Å². The normalized spacial score (nSPS) is 40.5. The van der Waals surface area contributed by atoms with Crippen LogP contribution in [-0.2, 0) is 4.79 Å². The summed E-state index contributed by atoms with van der Waals surface area (Å²) < 4.78 is 52.2. The van der Waals surface area contributed by atoms with E-state index in [1.165, 1.54) is 4.90 Å². The average Bonchev–Trinajstić information content (AvgIpc) is 3.18. The lowest BCUT2D eigenvalue weighted by Crippen LogP contribution is -2.55. The fourth-order valence-corrected chi connectivity index (χ4v) is 6.27. The van der Waals surface area contributed by atoms with E-state index in [1.54, 1.807) is 0 Å². The number of amides is 1. The smallest absolute Gasteiger partial charge is 0.352 e. The zero-order valence-electron chi connectivity index (χ0n) is 18.3. The van der Waals surface area contributed by atoms with E-state index < -0.39 is 18.9 Å². The number of fused-ring (bicyclic) bond motifs is 1. The first-order chi connectivity index (χ1) is 14.7. The molecular weight excluding hydrogens is 412 g/mol. The number of carbonyl (C=O) groups is 1. The number of piperazine rings is 1. The molecule has 0 aromatic rings. The number of rotatable bonds is 4. The van der Waals surface area contributed by atoms with Crippen molar-refractivity contribution in [3.05, 3.63) is 0 Å². The van der Waals surface area contributed by atoms with Crippen molar-refractivity contribution in [2.45, 2.75) is 88.4 Å². The highest BCUT2D eigenvalue weighted by atomic mass is 19.4. The Morgan fingerprint density at radius 3 is 2.48 bits per heavy atom. The highest BCUT2D eigenvalue weighted by Crippen LogP contribution is 2.38. The van der Waals surface area contributed by atoms with Gasteiger partial charge in [0, 0.05) is 50.2 Å². The number of nitrogens with one attached hydrogen (secondary N) is 2. The fourth-order valence-electron chi connectivity index (χ4n) is 6.27. The molecule has 2 N–H and O–H groups in total. The maximum absolute atomic E-state index is 14.3. The number of hydrogen-bond donors (Lipinski definition) is 2. The lowest BCUT2D eigenvalue weighted by Gasteiger charge is -2.42. The van der Waals surface area contributed by atoms with Gasteiger partial charge in [0.15, 0.2) is 0 Å². The van der Waals surface area contributed by atoms with Crippen LogP contribution in [0.5, 0.6) is 0 Å². The molecule has 2 heterocycles. The molecule has 4 aliphatic rings. The first kappa shape index (κ1) is 23.2. The molecule has 4 fully saturated rings. The highest BCUT2D eigenvalue weighted by Gasteiger charge is 2.46. The average molecular weight is 449 g/mol. The van der Waals surface area contributed by atoms with Gasteiger partial charge in [-0.25, -0.2) is 4.39 Å². The maximum Gasteiger partial charge on any atom is 0.401 e. The number of halogens is 4. The summed E-state index contributed by atoms with van der Waals surface area (Å²) in [5.41, 5.74) is 0. The second-order valence-corrected chi connectivity index (χ2v) is 10.2. The van der Waals surface area contributed by atoms with Crippen LogP contribution in [0.15, 0.2) is 0 Å². The fraction of sp³-hybridized carbons (Fsp3) is 0.955. The number of carbonyl (C=O) groups excluding carboxylic acids is 1. The Bertz CT molecular complexity index is 607. The second-order valence-electron chi connectivity index (χ2n) is 10.2. The number of hydrogen-bond acceptors (Lipinski definition) is 4. The van der Waals surface area contributed by atoms with Crippen LogP contribution in [0.4, 0.5) is 17.6 Å². The van der Waals surface area contributed by atoms with Gasteiger partial charge in [-0.2, -0.15) is 13.2 Å². The van der Waals surface area contributed by atoms with Crippen LogP contribution in [0.1, 0.15) is 51.9 Å². The van der Waals surface area contributed by atoms with E-state index >= 15 is 0 Å². The van der Waals surface area contributed by atoms with Crippen LogP contribution < -0.4 is 10.6 Å². The SMILES string of the molecule is CC1CCC(F)C2CC(C(=O)N[C@@H]3CCC[C@H](N4CCN(CC(F)(F)F)CC4)C3)NC12. The summed E-state index contributed by atoms with van der Waals surface area (Å²) >= 11 is 0. The molecule has 0 aromatic heterocycles. The standard InChI is InChI=1S/C22H36F4N4O/c1-14-5-6-18(23)17-12-19(28-20(14)17)21(31)27-15-3-2-4-16(11-15)30-9-7-29(8-10-30)13-22(24,25)26/h14-20,28H,2-13H2,1H3,(H,27,31)/t14?,15-,16+,17?,18?,19?,20?/m1/s1. The van der Waals surface area contributed by atoms with Crippen molar-refractivity contribution >= 4 is 5.91 Å². The Labute approximate surface area is 182 Å². The predicted octanol–water partition coefficient (Wildman–Crippen LogP) is 2.71. The molecule has 31 heavy (non-hydrogen) atoms. The second kappa shape index (κ2) is 9.51. The molecule has 2 saturated carbocycles. The Morgan fingerprint density at radius 1 is 1.06 bits per heavy atom. The predicted molar refractivity (Wildman–Crippen MR) is 110 cm³/mol. The lowest BCUT2D eigenvalue weighted by atomic mass is 9.77. The molecular formula is C22H36F4N4O. The van der Waals surface area contributed by atoms with Crippen molar-refractivity contribution in [1.29, 1.82) is 0 Å². The zero-order valence-corrected chi connectivity index (χ0v) is 18.3. The van der Waals surface area contributed by atoms with Gasteiger partial charge in [-0.3, -0.25) is 14.6 Å². The molecule has 2 aliphatic heterocycles. The Kier molecular flexibility index (Phi) is 7.13. The number of alkyl halides is 4. The van der Waals surface area contributed by atoms with Gasteiger partial charge in [-0.1, -0.05) is 6.92 Å². The van der Waals surface area contributed by atoms with E-state index in [0.29, 0.717) is 51.0 Å². The van der Waals surface area contributed by atoms with Gasteiger partial charge in [-0.05, 0) is 50.9 Å². The summed E-state index contributed by atoms with van der Waals surface area (Å²) in [5.74, 6) is 0.311. The van der Waals surface area contributed by atoms with Crippen LogP contribution in [0.3, 0.4) is 0 Å². The minimum Gasteiger partial charge on any atom is -0.352 e. The Morgan fingerprint density at radius 2 is 1.81 bits per heavy atom. The van der Waals surface area contributed by atoms with Gasteiger partial charge in [0.2, 0.25) is 5.91 Å². The molecule has 0 spiro atoms. The summed E-state index contributed by atoms with van der Waals surface area (Å²) in [5, 5.41) is 6.60. The quantitative estimate of drug-likeness (QED) is 0.650. The first-order valence-electron chi connectivity index (χ1n) is 11.9.